The predicted octanol–water partition coefficient (Wildman–Crippen LogP) is 2.69. The summed E-state index contributed by atoms with van der Waals surface area (Å²) in [6.45, 7) is 4.80. The van der Waals surface area contributed by atoms with Crippen molar-refractivity contribution in [3.63, 3.8) is 0 Å². The maximum Gasteiger partial charge on any atom is 0.251 e. The zero-order valence-electron chi connectivity index (χ0n) is 13.2. The molecule has 0 bridgehead atoms. The van der Waals surface area contributed by atoms with Crippen molar-refractivity contribution in [1.82, 2.24) is 16.0 Å². The fraction of sp³-hybridized carbons (Fsp3) is 0.500. The number of nitrogens with one attached hydrogen (secondary N) is 3. The van der Waals surface area contributed by atoms with Crippen molar-refractivity contribution < 1.29 is 4.79 Å². The van der Waals surface area contributed by atoms with E-state index in [0.717, 1.165) is 25.0 Å². The number of hydrogen-bond donors (Lipinski definition) is 3. The molecule has 1 aromatic carbocycles. The number of carbonyl (C=O) groups excluding carboxylic acids is 1. The molecule has 1 aliphatic carbocycles. The largest absolute Gasteiger partial charge is 0.357 e. The lowest BCUT2D eigenvalue weighted by molar-refractivity contribution is 0.0954. The molecule has 0 spiro atoms. The smallest absolute Gasteiger partial charge is 0.251 e. The fourth-order valence-corrected chi connectivity index (χ4v) is 2.26. The normalized spacial score (nSPS) is 14.5. The van der Waals surface area contributed by atoms with Gasteiger partial charge in [-0.1, -0.05) is 23.2 Å². The molecule has 0 radical (unpaired) electrons. The van der Waals surface area contributed by atoms with Gasteiger partial charge in [0.25, 0.3) is 5.91 Å². The first-order chi connectivity index (χ1) is 11.1. The summed E-state index contributed by atoms with van der Waals surface area (Å²) in [5, 5.41) is 10.0. The van der Waals surface area contributed by atoms with Crippen LogP contribution in [0, 0.1) is 5.92 Å². The van der Waals surface area contributed by atoms with E-state index in [-0.39, 0.29) is 5.91 Å². The van der Waals surface area contributed by atoms with E-state index < -0.39 is 0 Å². The van der Waals surface area contributed by atoms with Crippen molar-refractivity contribution in [2.75, 3.05) is 26.2 Å². The van der Waals surface area contributed by atoms with Gasteiger partial charge in [-0.3, -0.25) is 9.79 Å². The molecule has 0 heterocycles. The molecule has 0 aromatic heterocycles. The number of halogens is 2. The topological polar surface area (TPSA) is 65.5 Å². The van der Waals surface area contributed by atoms with Gasteiger partial charge in [0.1, 0.15) is 0 Å². The van der Waals surface area contributed by atoms with Crippen LogP contribution >= 0.6 is 23.2 Å². The lowest BCUT2D eigenvalue weighted by atomic mass is 10.2. The van der Waals surface area contributed by atoms with Gasteiger partial charge in [-0.05, 0) is 43.9 Å². The number of benzene rings is 1. The monoisotopic (exact) mass is 356 g/mol. The first-order valence-electron chi connectivity index (χ1n) is 7.85. The Labute approximate surface area is 146 Å². The van der Waals surface area contributed by atoms with Crippen molar-refractivity contribution in [1.29, 1.82) is 0 Å². The molecule has 23 heavy (non-hydrogen) atoms. The van der Waals surface area contributed by atoms with Crippen LogP contribution in [0.3, 0.4) is 0 Å². The second kappa shape index (κ2) is 8.99. The summed E-state index contributed by atoms with van der Waals surface area (Å²) < 4.78 is 0. The summed E-state index contributed by atoms with van der Waals surface area (Å²) in [6.07, 6.45) is 2.56. The Hall–Kier alpha value is -1.46. The molecule has 126 valence electrons. The molecule has 0 unspecified atom stereocenters. The van der Waals surface area contributed by atoms with E-state index >= 15 is 0 Å². The van der Waals surface area contributed by atoms with Gasteiger partial charge in [0.15, 0.2) is 5.96 Å². The molecule has 1 amide bonds. The van der Waals surface area contributed by atoms with Crippen LogP contribution in [0.2, 0.25) is 10.0 Å². The van der Waals surface area contributed by atoms with E-state index in [1.165, 1.54) is 12.8 Å². The summed E-state index contributed by atoms with van der Waals surface area (Å²) in [6, 6.07) is 4.83. The number of aliphatic imine (C=N–C) groups is 1. The third kappa shape index (κ3) is 6.28. The fourth-order valence-electron chi connectivity index (χ4n) is 1.96. The second-order valence-corrected chi connectivity index (χ2v) is 6.29. The van der Waals surface area contributed by atoms with Gasteiger partial charge < -0.3 is 16.0 Å². The molecule has 1 aromatic rings. The van der Waals surface area contributed by atoms with Gasteiger partial charge in [-0.2, -0.15) is 0 Å². The average Bonchev–Trinajstić information content (AvgIpc) is 3.35. The van der Waals surface area contributed by atoms with E-state index in [2.05, 4.69) is 20.9 Å². The number of guanidine groups is 1. The van der Waals surface area contributed by atoms with Crippen LogP contribution in [0.15, 0.2) is 23.2 Å². The molecule has 1 saturated carbocycles. The Morgan fingerprint density at radius 2 is 1.91 bits per heavy atom. The molecule has 0 atom stereocenters. The average molecular weight is 357 g/mol. The Balaban J connectivity index is 1.73. The third-order valence-corrected chi connectivity index (χ3v) is 4.17. The van der Waals surface area contributed by atoms with Crippen molar-refractivity contribution in [2.45, 2.75) is 19.8 Å². The van der Waals surface area contributed by atoms with E-state index in [1.54, 1.807) is 18.2 Å². The van der Waals surface area contributed by atoms with Gasteiger partial charge in [0, 0.05) is 31.7 Å². The highest BCUT2D eigenvalue weighted by molar-refractivity contribution is 6.42. The van der Waals surface area contributed by atoms with Crippen LogP contribution < -0.4 is 16.0 Å². The molecule has 3 N–H and O–H groups in total. The van der Waals surface area contributed by atoms with Crippen molar-refractivity contribution in [3.8, 4) is 0 Å². The lowest BCUT2D eigenvalue weighted by Gasteiger charge is -2.12. The summed E-state index contributed by atoms with van der Waals surface area (Å²) >= 11 is 11.8. The molecule has 0 saturated heterocycles. The molecule has 2 rings (SSSR count). The van der Waals surface area contributed by atoms with Crippen molar-refractivity contribution in [2.24, 2.45) is 10.9 Å². The van der Waals surface area contributed by atoms with E-state index in [4.69, 9.17) is 23.2 Å². The minimum Gasteiger partial charge on any atom is -0.357 e. The number of hydrogen-bond acceptors (Lipinski definition) is 2. The Morgan fingerprint density at radius 1 is 1.17 bits per heavy atom. The lowest BCUT2D eigenvalue weighted by Crippen LogP contribution is -2.41. The quantitative estimate of drug-likeness (QED) is 0.399. The number of amides is 1. The van der Waals surface area contributed by atoms with Crippen LogP contribution in [0.5, 0.6) is 0 Å². The highest BCUT2D eigenvalue weighted by Crippen LogP contribution is 2.28. The van der Waals surface area contributed by atoms with Crippen LogP contribution in [-0.2, 0) is 0 Å². The molecule has 1 aliphatic rings. The Bertz CT molecular complexity index is 573. The maximum atomic E-state index is 12.0. The maximum absolute atomic E-state index is 12.0. The summed E-state index contributed by atoms with van der Waals surface area (Å²) in [7, 11) is 0. The van der Waals surface area contributed by atoms with Crippen LogP contribution in [0.4, 0.5) is 0 Å². The van der Waals surface area contributed by atoms with Crippen LogP contribution in [0.1, 0.15) is 30.1 Å². The van der Waals surface area contributed by atoms with Gasteiger partial charge in [-0.25, -0.2) is 0 Å². The molecular weight excluding hydrogens is 335 g/mol. The zero-order valence-corrected chi connectivity index (χ0v) is 14.7. The zero-order chi connectivity index (χ0) is 16.7. The minimum atomic E-state index is -0.176. The van der Waals surface area contributed by atoms with Crippen LogP contribution in [0.25, 0.3) is 0 Å². The standard InChI is InChI=1S/C16H22Cl2N4O/c1-2-19-16(22-10-11-3-4-11)21-8-7-20-15(23)12-5-6-13(17)14(18)9-12/h5-6,9,11H,2-4,7-8,10H2,1H3,(H,20,23)(H2,19,21,22). The summed E-state index contributed by atoms with van der Waals surface area (Å²) in [5.74, 6) is 1.37. The highest BCUT2D eigenvalue weighted by atomic mass is 35.5. The third-order valence-electron chi connectivity index (χ3n) is 3.43. The van der Waals surface area contributed by atoms with E-state index in [1.807, 2.05) is 6.92 Å². The highest BCUT2D eigenvalue weighted by Gasteiger charge is 2.20. The van der Waals surface area contributed by atoms with Gasteiger partial charge in [0.2, 0.25) is 0 Å². The number of nitrogens with zero attached hydrogens (tertiary/aromatic N) is 1. The van der Waals surface area contributed by atoms with Crippen LogP contribution in [-0.4, -0.2) is 38.0 Å². The second-order valence-electron chi connectivity index (χ2n) is 5.47. The molecule has 1 fully saturated rings. The first-order valence-corrected chi connectivity index (χ1v) is 8.61. The van der Waals surface area contributed by atoms with E-state index in [9.17, 15) is 4.79 Å². The van der Waals surface area contributed by atoms with Gasteiger partial charge in [0.05, 0.1) is 10.0 Å². The number of carbonyl (C=O) groups is 1. The SMILES string of the molecule is CCNC(=NCC1CC1)NCCNC(=O)c1ccc(Cl)c(Cl)c1. The Morgan fingerprint density at radius 3 is 2.57 bits per heavy atom. The molecular formula is C16H22Cl2N4O. The van der Waals surface area contributed by atoms with E-state index in [0.29, 0.717) is 28.7 Å². The summed E-state index contributed by atoms with van der Waals surface area (Å²) in [5.41, 5.74) is 0.494. The first kappa shape index (κ1) is 17.9. The molecule has 7 heteroatoms. The molecule has 0 aliphatic heterocycles. The van der Waals surface area contributed by atoms with Gasteiger partial charge in [-0.15, -0.1) is 0 Å². The summed E-state index contributed by atoms with van der Waals surface area (Å²) in [4.78, 5) is 16.5. The van der Waals surface area contributed by atoms with Crippen molar-refractivity contribution >= 4 is 35.1 Å². The van der Waals surface area contributed by atoms with Gasteiger partial charge >= 0.3 is 0 Å². The molecule has 5 nitrogen and oxygen atoms in total. The Kier molecular flexibility index (Phi) is 6.99. The van der Waals surface area contributed by atoms with Crippen molar-refractivity contribution in [3.05, 3.63) is 33.8 Å². The predicted molar refractivity (Wildman–Crippen MR) is 95.5 cm³/mol. The number of rotatable bonds is 7. The minimum absolute atomic E-state index is 0.176.